The van der Waals surface area contributed by atoms with Crippen molar-refractivity contribution in [3.8, 4) is 55.6 Å². The second-order valence-corrected chi connectivity index (χ2v) is 40.1. The van der Waals surface area contributed by atoms with E-state index >= 15 is 0 Å². The molecule has 1 spiro atoms. The van der Waals surface area contributed by atoms with Crippen LogP contribution in [0.1, 0.15) is 113 Å². The third kappa shape index (κ3) is 29.6. The van der Waals surface area contributed by atoms with Crippen LogP contribution in [0.2, 0.25) is 0 Å². The fourth-order valence-electron chi connectivity index (χ4n) is 21.6. The molecule has 23 rings (SSSR count). The maximum atomic E-state index is 3.98. The van der Waals surface area contributed by atoms with Gasteiger partial charge in [0.25, 0.3) is 0 Å². The maximum absolute atomic E-state index is 3.98. The molecule has 9 aliphatic rings. The standard InChI is InChI=1S/C34H30N2.C27H26N2.C24H26N2.C20H26N2.C20H24N2.5Pt/c1-3-13-32-30(11-1)31-12-2-4-14-33(31)34(32)28-9-5-7-24(16-28)18-35-20-26-15-27(21-35)23-36(22-26)19-25-8-6-10-29(34)17-25;1-2-10-27-25-8-4-6-21(13-25)15-29-18-22-11-23(19-29)17-28(16-22)14-20-5-3-7-24(12-20)26(27)9-1;1-25(2)17-19-9-7-11-21(15-19)23-13-5-6-14-24(23)22-12-8-10-20(16-22)18-26(3)4;2*1-21(2)15-19-9-5-7-17(13-19)11-12-18-8-6-10-20(14-18)16-22(3)4;;;;;/h1-14,26-27H,15,18-23H2;1-10,22-23H,11,14-19H2;5-14H,17-18H2,1-4H3;5-10H,11-12,15-16H2,1-4H3;5-12H,15-16H2,1-4H3;;;;;/q5*-2;5*+4. The number of hydrogen-bond donors (Lipinski definition) is 0. The number of benzene rings is 14. The maximum Gasteiger partial charge on any atom is 4.00 e. The topological polar surface area (TPSA) is 32.4 Å². The van der Waals surface area contributed by atoms with Gasteiger partial charge in [-0.05, 0) is 156 Å². The number of rotatable bonds is 19. The Hall–Kier alpha value is -8.14. The molecule has 8 heterocycles. The van der Waals surface area contributed by atoms with E-state index in [-0.39, 0.29) is 105 Å². The SMILES string of the molecule is CN(C)Cc1[c-]c(-c2ccccc2-c2[c-]c(CN(C)C)ccc2)ccc1.CN(C)Cc1[c-]c(C=Cc2[c-]c(CN(C)C)ccc2)ccc1.CN(C)Cc1[c-]c(CCc2[c-]c(CN(C)C)ccc2)ccc1.[Pt+4].[Pt+4].[Pt+4].[Pt+4].[Pt+4].[c-]1c2cccc1-c1ccccc1-c1[c-]c(ccc1)CN1CC3CC(CN(C2)C3)C1.[c-]1c2cccc1C1(c3[c-]c(ccc3)CN3CC4CC(CN(C2)C4)C3)c2ccccc2-c2ccccc21. The summed E-state index contributed by atoms with van der Waals surface area (Å²) < 4.78 is 0. The molecule has 8 aliphatic heterocycles. The summed E-state index contributed by atoms with van der Waals surface area (Å²) in [6.45, 7) is 19.2. The van der Waals surface area contributed by atoms with Crippen molar-refractivity contribution >= 4 is 12.2 Å². The molecule has 140 heavy (non-hydrogen) atoms. The first-order valence-electron chi connectivity index (χ1n) is 48.6. The predicted molar refractivity (Wildman–Crippen MR) is 557 cm³/mol. The van der Waals surface area contributed by atoms with Gasteiger partial charge in [0.2, 0.25) is 0 Å². The molecule has 0 radical (unpaired) electrons. The number of piperidine rings is 4. The first-order chi connectivity index (χ1) is 65.6. The Morgan fingerprint density at radius 1 is 0.236 bits per heavy atom. The molecule has 0 amide bonds. The molecule has 14 aromatic rings. The molecular weight excluding hydrogens is 2620 g/mol. The van der Waals surface area contributed by atoms with E-state index in [1.165, 1.54) is 199 Å². The molecule has 14 aromatic carbocycles. The van der Waals surface area contributed by atoms with E-state index in [0.29, 0.717) is 0 Å². The fraction of sp³-hybridized carbons (Fsp3) is 0.312. The Balaban J connectivity index is 0.000000157. The molecule has 10 nitrogen and oxygen atoms in total. The van der Waals surface area contributed by atoms with Crippen molar-refractivity contribution in [2.45, 2.75) is 96.5 Å². The second kappa shape index (κ2) is 53.1. The first kappa shape index (κ1) is 111. The minimum atomic E-state index is -0.411. The van der Waals surface area contributed by atoms with Crippen molar-refractivity contribution in [1.82, 2.24) is 49.0 Å². The summed E-state index contributed by atoms with van der Waals surface area (Å²) in [5, 5.41) is 0. The average molecular weight is 2750 g/mol. The number of aryl methyl sites for hydroxylation is 2. The molecule has 0 atom stereocenters. The van der Waals surface area contributed by atoms with Crippen LogP contribution in [0.4, 0.5) is 0 Å². The van der Waals surface area contributed by atoms with E-state index in [1.807, 2.05) is 0 Å². The molecule has 1 aliphatic carbocycles. The summed E-state index contributed by atoms with van der Waals surface area (Å²) in [4.78, 5) is 23.7. The van der Waals surface area contributed by atoms with Gasteiger partial charge in [-0.25, -0.2) is 0 Å². The zero-order valence-corrected chi connectivity index (χ0v) is 94.5. The van der Waals surface area contributed by atoms with E-state index in [4.69, 9.17) is 0 Å². The van der Waals surface area contributed by atoms with Gasteiger partial charge in [0.1, 0.15) is 0 Å². The van der Waals surface area contributed by atoms with E-state index in [0.717, 1.165) is 124 Å². The Bertz CT molecular complexity index is 5940. The quantitative estimate of drug-likeness (QED) is 0.0577. The fourth-order valence-corrected chi connectivity index (χ4v) is 21.6. The molecule has 0 N–H and O–H groups in total. The minimum absolute atomic E-state index is 0. The normalized spacial score (nSPS) is 18.4. The van der Waals surface area contributed by atoms with Crippen LogP contribution in [-0.2, 0) is 189 Å². The van der Waals surface area contributed by atoms with Crippen LogP contribution in [-0.4, -0.2) is 186 Å². The smallest absolute Gasteiger partial charge is 0.307 e. The third-order valence-corrected chi connectivity index (χ3v) is 26.6. The predicted octanol–water partition coefficient (Wildman–Crippen LogP) is 22.3. The Labute approximate surface area is 910 Å². The van der Waals surface area contributed by atoms with Gasteiger partial charge in [-0.1, -0.05) is 72.8 Å². The summed E-state index contributed by atoms with van der Waals surface area (Å²) in [5.41, 5.74) is 34.3. The Morgan fingerprint density at radius 2 is 0.471 bits per heavy atom. The van der Waals surface area contributed by atoms with Gasteiger partial charge in [-0.15, -0.1) is 259 Å². The Morgan fingerprint density at radius 3 is 0.779 bits per heavy atom. The molecule has 0 aromatic heterocycles. The van der Waals surface area contributed by atoms with Gasteiger partial charge in [0.05, 0.1) is 0 Å². The van der Waals surface area contributed by atoms with Gasteiger partial charge in [0, 0.05) is 123 Å². The number of fused-ring (bicyclic) bond motifs is 3. The van der Waals surface area contributed by atoms with Crippen molar-refractivity contribution in [1.29, 1.82) is 0 Å². The number of hydrogen-bond acceptors (Lipinski definition) is 10. The van der Waals surface area contributed by atoms with Crippen molar-refractivity contribution in [3.63, 3.8) is 0 Å². The van der Waals surface area contributed by atoms with E-state index < -0.39 is 5.41 Å². The summed E-state index contributed by atoms with van der Waals surface area (Å²) in [6, 6.07) is 137. The molecular formula is C125H132N10Pt5+10. The van der Waals surface area contributed by atoms with Crippen LogP contribution in [0, 0.1) is 84.3 Å². The molecule has 4 saturated heterocycles. The van der Waals surface area contributed by atoms with Gasteiger partial charge in [0.15, 0.2) is 0 Å². The average Bonchev–Trinajstić information content (AvgIpc) is 1.54. The third-order valence-electron chi connectivity index (χ3n) is 26.6. The van der Waals surface area contributed by atoms with E-state index in [9.17, 15) is 0 Å². The molecule has 722 valence electrons. The van der Waals surface area contributed by atoms with E-state index in [2.05, 4.69) is 485 Å². The van der Waals surface area contributed by atoms with E-state index in [1.54, 1.807) is 0 Å². The van der Waals surface area contributed by atoms with Crippen molar-refractivity contribution in [2.75, 3.05) is 137 Å². The van der Waals surface area contributed by atoms with Crippen LogP contribution in [0.15, 0.2) is 279 Å². The first-order valence-corrected chi connectivity index (χ1v) is 48.6. The zero-order chi connectivity index (χ0) is 93.3. The number of nitrogens with zero attached hydrogens (tertiary/aromatic N) is 10. The summed E-state index contributed by atoms with van der Waals surface area (Å²) in [5.74, 6) is 3.12. The van der Waals surface area contributed by atoms with Crippen LogP contribution >= 0.6 is 0 Å². The monoisotopic (exact) mass is 2750 g/mol. The molecule has 4 fully saturated rings. The zero-order valence-electron chi connectivity index (χ0n) is 83.1. The molecule has 15 heteroatoms. The van der Waals surface area contributed by atoms with Crippen LogP contribution in [0.3, 0.4) is 0 Å². The van der Waals surface area contributed by atoms with Crippen molar-refractivity contribution < 1.29 is 105 Å². The van der Waals surface area contributed by atoms with Gasteiger partial charge >= 0.3 is 105 Å². The van der Waals surface area contributed by atoms with Crippen molar-refractivity contribution in [2.24, 2.45) is 23.7 Å². The van der Waals surface area contributed by atoms with Crippen LogP contribution in [0.25, 0.3) is 67.8 Å². The molecule has 0 saturated carbocycles. The Kier molecular flexibility index (Phi) is 42.0. The van der Waals surface area contributed by atoms with Crippen LogP contribution < -0.4 is 0 Å². The van der Waals surface area contributed by atoms with Crippen LogP contribution in [0.5, 0.6) is 0 Å². The van der Waals surface area contributed by atoms with Crippen molar-refractivity contribution in [3.05, 3.63) is 440 Å². The summed E-state index contributed by atoms with van der Waals surface area (Å²) in [7, 11) is 25.0. The summed E-state index contributed by atoms with van der Waals surface area (Å²) in [6.07, 6.45) is 9.02. The second-order valence-electron chi connectivity index (χ2n) is 40.1. The molecule has 0 unspecified atom stereocenters. The van der Waals surface area contributed by atoms with Gasteiger partial charge < -0.3 is 49.0 Å². The molecule has 16 bridgehead atoms. The van der Waals surface area contributed by atoms with Gasteiger partial charge in [-0.3, -0.25) is 0 Å². The minimum Gasteiger partial charge on any atom is -0.307 e. The summed E-state index contributed by atoms with van der Waals surface area (Å²) >= 11 is 0. The largest absolute Gasteiger partial charge is 4.00 e. The van der Waals surface area contributed by atoms with Gasteiger partial charge in [-0.2, -0.15) is 154 Å².